The van der Waals surface area contributed by atoms with Gasteiger partial charge in [0.15, 0.2) is 11.5 Å². The predicted molar refractivity (Wildman–Crippen MR) is 172 cm³/mol. The molecule has 0 saturated heterocycles. The summed E-state index contributed by atoms with van der Waals surface area (Å²) in [5.41, 5.74) is 1.11. The smallest absolute Gasteiger partial charge is 0.157 e. The third-order valence-electron chi connectivity index (χ3n) is 8.41. The van der Waals surface area contributed by atoms with Crippen molar-refractivity contribution >= 4 is 0 Å². The highest BCUT2D eigenvalue weighted by Gasteiger charge is 2.07. The van der Waals surface area contributed by atoms with E-state index >= 15 is 0 Å². The van der Waals surface area contributed by atoms with Crippen molar-refractivity contribution in [3.8, 4) is 11.5 Å². The molecule has 0 unspecified atom stereocenters. The van der Waals surface area contributed by atoms with E-state index in [0.29, 0.717) is 0 Å². The minimum atomic E-state index is -0.0245. The zero-order valence-electron chi connectivity index (χ0n) is 26.4. The van der Waals surface area contributed by atoms with Gasteiger partial charge < -0.3 is 15.1 Å². The van der Waals surface area contributed by atoms with E-state index in [2.05, 4.69) is 18.7 Å². The van der Waals surface area contributed by atoms with E-state index in [4.69, 9.17) is 0 Å². The number of rotatable bonds is 29. The largest absolute Gasteiger partial charge is 0.504 e. The second-order valence-electron chi connectivity index (χ2n) is 12.2. The normalized spacial score (nSPS) is 11.6. The van der Waals surface area contributed by atoms with E-state index in [1.807, 2.05) is 6.07 Å². The molecule has 0 spiro atoms. The number of hydrogen-bond acceptors (Lipinski definition) is 3. The Morgan fingerprint density at radius 2 is 0.795 bits per heavy atom. The first-order valence-corrected chi connectivity index (χ1v) is 17.4. The van der Waals surface area contributed by atoms with Crippen LogP contribution in [-0.4, -0.2) is 34.7 Å². The van der Waals surface area contributed by atoms with Crippen molar-refractivity contribution in [3.63, 3.8) is 0 Å². The van der Waals surface area contributed by atoms with Gasteiger partial charge in [-0.25, -0.2) is 0 Å². The molecule has 0 bridgehead atoms. The van der Waals surface area contributed by atoms with Gasteiger partial charge in [0.1, 0.15) is 0 Å². The molecule has 2 N–H and O–H groups in total. The number of nitrogens with zero attached hydrogens (tertiary/aromatic N) is 1. The van der Waals surface area contributed by atoms with E-state index < -0.39 is 0 Å². The SMILES string of the molecule is CCCCCCCCCCCCCCN(CCCCCCCCCCCCCC)CCc1ccc(O)c(O)c1. The first-order chi connectivity index (χ1) is 19.2. The fourth-order valence-electron chi connectivity index (χ4n) is 5.70. The van der Waals surface area contributed by atoms with Gasteiger partial charge in [0.2, 0.25) is 0 Å². The molecule has 0 aliphatic heterocycles. The first kappa shape index (κ1) is 35.8. The summed E-state index contributed by atoms with van der Waals surface area (Å²) in [6, 6.07) is 5.29. The fourth-order valence-corrected chi connectivity index (χ4v) is 5.70. The second kappa shape index (κ2) is 27.0. The molecule has 0 amide bonds. The van der Waals surface area contributed by atoms with Gasteiger partial charge in [0, 0.05) is 6.54 Å². The molecule has 0 aromatic heterocycles. The van der Waals surface area contributed by atoms with E-state index in [9.17, 15) is 10.2 Å². The van der Waals surface area contributed by atoms with Gasteiger partial charge in [0.05, 0.1) is 0 Å². The van der Waals surface area contributed by atoms with Crippen molar-refractivity contribution < 1.29 is 10.2 Å². The van der Waals surface area contributed by atoms with Crippen LogP contribution < -0.4 is 0 Å². The Balaban J connectivity index is 2.18. The van der Waals surface area contributed by atoms with Crippen molar-refractivity contribution in [3.05, 3.63) is 23.8 Å². The van der Waals surface area contributed by atoms with Gasteiger partial charge in [-0.3, -0.25) is 0 Å². The molecule has 228 valence electrons. The molecule has 0 fully saturated rings. The minimum absolute atomic E-state index is 0.000897. The molecule has 1 rings (SSSR count). The van der Waals surface area contributed by atoms with Gasteiger partial charge in [-0.2, -0.15) is 0 Å². The molecule has 0 atom stereocenters. The number of benzene rings is 1. The van der Waals surface area contributed by atoms with Crippen molar-refractivity contribution in [2.75, 3.05) is 19.6 Å². The lowest BCUT2D eigenvalue weighted by Crippen LogP contribution is -2.28. The molecule has 0 aliphatic rings. The van der Waals surface area contributed by atoms with E-state index in [1.165, 1.54) is 167 Å². The third-order valence-corrected chi connectivity index (χ3v) is 8.41. The van der Waals surface area contributed by atoms with Crippen LogP contribution in [0.25, 0.3) is 0 Å². The van der Waals surface area contributed by atoms with Crippen molar-refractivity contribution in [1.82, 2.24) is 4.90 Å². The van der Waals surface area contributed by atoms with Gasteiger partial charge in [-0.1, -0.05) is 161 Å². The van der Waals surface area contributed by atoms with Gasteiger partial charge in [-0.05, 0) is 50.0 Å². The predicted octanol–water partition coefficient (Wildman–Crippen LogP) is 11.3. The van der Waals surface area contributed by atoms with Crippen LogP contribution in [-0.2, 0) is 6.42 Å². The van der Waals surface area contributed by atoms with E-state index in [1.54, 1.807) is 12.1 Å². The Labute approximate surface area is 244 Å². The standard InChI is InChI=1S/C36H67NO2/c1-3-5-7-9-11-13-15-17-19-21-23-25-30-37(32-29-34-27-28-35(38)36(39)33-34)31-26-24-22-20-18-16-14-12-10-8-6-4-2/h27-28,33,38-39H,3-26,29-32H2,1-2H3. The highest BCUT2D eigenvalue weighted by atomic mass is 16.3. The molecular weight excluding hydrogens is 478 g/mol. The summed E-state index contributed by atoms with van der Waals surface area (Å²) in [6.45, 7) is 8.01. The lowest BCUT2D eigenvalue weighted by molar-refractivity contribution is 0.263. The average molecular weight is 546 g/mol. The Morgan fingerprint density at radius 3 is 1.15 bits per heavy atom. The lowest BCUT2D eigenvalue weighted by Gasteiger charge is -2.22. The Kier molecular flexibility index (Phi) is 24.8. The molecule has 3 heteroatoms. The van der Waals surface area contributed by atoms with Crippen molar-refractivity contribution in [1.29, 1.82) is 0 Å². The van der Waals surface area contributed by atoms with Crippen LogP contribution in [0.1, 0.15) is 174 Å². The summed E-state index contributed by atoms with van der Waals surface area (Å²) in [5.74, 6) is -0.0236. The molecule has 39 heavy (non-hydrogen) atoms. The van der Waals surface area contributed by atoms with Crippen molar-refractivity contribution in [2.45, 2.75) is 174 Å². The van der Waals surface area contributed by atoms with E-state index in [-0.39, 0.29) is 11.5 Å². The van der Waals surface area contributed by atoms with E-state index in [0.717, 1.165) is 18.5 Å². The molecule has 1 aromatic carbocycles. The van der Waals surface area contributed by atoms with Crippen LogP contribution in [0.4, 0.5) is 0 Å². The first-order valence-electron chi connectivity index (χ1n) is 17.4. The Hall–Kier alpha value is -1.22. The summed E-state index contributed by atoms with van der Waals surface area (Å²) < 4.78 is 0. The Morgan fingerprint density at radius 1 is 0.436 bits per heavy atom. The molecule has 0 aliphatic carbocycles. The highest BCUT2D eigenvalue weighted by molar-refractivity contribution is 5.40. The lowest BCUT2D eigenvalue weighted by atomic mass is 10.0. The van der Waals surface area contributed by atoms with Gasteiger partial charge >= 0.3 is 0 Å². The van der Waals surface area contributed by atoms with Crippen LogP contribution in [0.15, 0.2) is 18.2 Å². The maximum Gasteiger partial charge on any atom is 0.157 e. The minimum Gasteiger partial charge on any atom is -0.504 e. The molecule has 0 heterocycles. The number of aromatic hydroxyl groups is 2. The second-order valence-corrected chi connectivity index (χ2v) is 12.2. The van der Waals surface area contributed by atoms with Crippen LogP contribution in [0, 0.1) is 0 Å². The maximum atomic E-state index is 9.85. The zero-order chi connectivity index (χ0) is 28.2. The molecule has 3 nitrogen and oxygen atoms in total. The summed E-state index contributed by atoms with van der Waals surface area (Å²) >= 11 is 0. The van der Waals surface area contributed by atoms with Gasteiger partial charge in [0.25, 0.3) is 0 Å². The van der Waals surface area contributed by atoms with Crippen molar-refractivity contribution in [2.24, 2.45) is 0 Å². The number of phenolic OH excluding ortho intramolecular Hbond substituents is 2. The van der Waals surface area contributed by atoms with Crippen LogP contribution >= 0.6 is 0 Å². The summed E-state index contributed by atoms with van der Waals surface area (Å²) in [4.78, 5) is 2.65. The average Bonchev–Trinajstić information content (AvgIpc) is 2.94. The summed E-state index contributed by atoms with van der Waals surface area (Å²) in [7, 11) is 0. The summed E-state index contributed by atoms with van der Waals surface area (Å²) in [5, 5.41) is 19.5. The number of phenols is 2. The summed E-state index contributed by atoms with van der Waals surface area (Å²) in [6.07, 6.45) is 34.5. The fraction of sp³-hybridized carbons (Fsp3) is 0.833. The third kappa shape index (κ3) is 22.2. The molecule has 0 radical (unpaired) electrons. The molecule has 0 saturated carbocycles. The Bertz CT molecular complexity index is 619. The van der Waals surface area contributed by atoms with Gasteiger partial charge in [-0.15, -0.1) is 0 Å². The van der Waals surface area contributed by atoms with Crippen LogP contribution in [0.3, 0.4) is 0 Å². The molecule has 1 aromatic rings. The number of hydrogen-bond donors (Lipinski definition) is 2. The maximum absolute atomic E-state index is 9.85. The van der Waals surface area contributed by atoms with Crippen LogP contribution in [0.5, 0.6) is 11.5 Å². The number of unbranched alkanes of at least 4 members (excludes halogenated alkanes) is 22. The topological polar surface area (TPSA) is 43.7 Å². The molecular formula is C36H67NO2. The van der Waals surface area contributed by atoms with Crippen LogP contribution in [0.2, 0.25) is 0 Å². The highest BCUT2D eigenvalue weighted by Crippen LogP contribution is 2.25. The quantitative estimate of drug-likeness (QED) is 0.0777. The zero-order valence-corrected chi connectivity index (χ0v) is 26.4. The monoisotopic (exact) mass is 546 g/mol.